The molecule has 0 spiro atoms. The molecule has 0 aromatic carbocycles. The van der Waals surface area contributed by atoms with Crippen molar-refractivity contribution in [3.8, 4) is 0 Å². The Bertz CT molecular complexity index is 1270. The third kappa shape index (κ3) is 37.8. The summed E-state index contributed by atoms with van der Waals surface area (Å²) in [6, 6.07) is -1.02. The van der Waals surface area contributed by atoms with Crippen molar-refractivity contribution in [3.63, 3.8) is 0 Å². The molecule has 0 bridgehead atoms. The van der Waals surface area contributed by atoms with Crippen molar-refractivity contribution >= 4 is 11.9 Å². The molecule has 8 unspecified atom stereocenters. The maximum absolute atomic E-state index is 13.4. The van der Waals surface area contributed by atoms with Crippen LogP contribution in [0.3, 0.4) is 0 Å². The van der Waals surface area contributed by atoms with Crippen molar-refractivity contribution in [1.29, 1.82) is 0 Å². The Balaban J connectivity index is 2.71. The van der Waals surface area contributed by atoms with Gasteiger partial charge in [0.25, 0.3) is 0 Å². The molecule has 8 atom stereocenters. The first-order valence-electron chi connectivity index (χ1n) is 30.6. The zero-order chi connectivity index (χ0) is 52.5. The zero-order valence-electron chi connectivity index (χ0n) is 46.8. The first-order chi connectivity index (χ1) is 35.2. The van der Waals surface area contributed by atoms with E-state index >= 15 is 0 Å². The molecule has 0 aliphatic carbocycles. The van der Waals surface area contributed by atoms with E-state index in [1.54, 1.807) is 6.08 Å². The highest BCUT2D eigenvalue weighted by Gasteiger charge is 2.47. The minimum Gasteiger partial charge on any atom is -0.454 e. The van der Waals surface area contributed by atoms with Crippen molar-refractivity contribution in [3.05, 3.63) is 24.3 Å². The summed E-state index contributed by atoms with van der Waals surface area (Å²) in [5, 5.41) is 56.9. The van der Waals surface area contributed by atoms with Crippen LogP contribution in [-0.2, 0) is 23.8 Å². The molecular formula is C61H115NO10. The number of carbonyl (C=O) groups is 2. The number of aliphatic hydroxyl groups excluding tert-OH is 5. The zero-order valence-corrected chi connectivity index (χ0v) is 46.8. The summed E-state index contributed by atoms with van der Waals surface area (Å²) in [4.78, 5) is 26.5. The molecule has 72 heavy (non-hydrogen) atoms. The normalized spacial score (nSPS) is 19.6. The standard InChI is InChI=1S/C61H115NO10/c1-4-7-10-13-16-19-22-25-27-28-30-33-36-39-42-45-48-54(65)60(69)62-52(53(64)47-44-41-38-35-32-29-24-21-18-15-12-9-6-3)51-70-61-59(58(68)57(67)55(50-63)71-61)72-56(66)49-46-43-40-37-34-31-26-23-20-17-14-11-8-5-2/h31,34,44,47,52-55,57-59,61,63-65,67-68H,4-30,32-33,35-43,45-46,48-51H2,1-3H3,(H,62,69)/b34-31-,47-44+. The lowest BCUT2D eigenvalue weighted by Gasteiger charge is -2.41. The van der Waals surface area contributed by atoms with Crippen molar-refractivity contribution in [2.45, 2.75) is 339 Å². The molecular weight excluding hydrogens is 907 g/mol. The van der Waals surface area contributed by atoms with Gasteiger partial charge < -0.3 is 45.1 Å². The van der Waals surface area contributed by atoms with E-state index in [9.17, 15) is 35.1 Å². The quantitative estimate of drug-likeness (QED) is 0.0195. The van der Waals surface area contributed by atoms with Crippen LogP contribution in [0, 0.1) is 0 Å². The molecule has 1 amide bonds. The van der Waals surface area contributed by atoms with Crippen LogP contribution in [0.5, 0.6) is 0 Å². The smallest absolute Gasteiger partial charge is 0.306 e. The molecule has 0 aromatic rings. The Morgan fingerprint density at radius 2 is 0.917 bits per heavy atom. The Morgan fingerprint density at radius 1 is 0.528 bits per heavy atom. The molecule has 1 saturated heterocycles. The monoisotopic (exact) mass is 1020 g/mol. The molecule has 1 rings (SSSR count). The number of amides is 1. The maximum Gasteiger partial charge on any atom is 0.306 e. The van der Waals surface area contributed by atoms with Gasteiger partial charge in [0.1, 0.15) is 24.4 Å². The predicted octanol–water partition coefficient (Wildman–Crippen LogP) is 14.1. The molecule has 11 nitrogen and oxygen atoms in total. The summed E-state index contributed by atoms with van der Waals surface area (Å²) in [6.07, 6.45) is 46.4. The van der Waals surface area contributed by atoms with E-state index in [0.29, 0.717) is 19.3 Å². The number of nitrogens with one attached hydrogen (secondary N) is 1. The van der Waals surface area contributed by atoms with Crippen LogP contribution in [0.4, 0.5) is 0 Å². The van der Waals surface area contributed by atoms with E-state index in [4.69, 9.17) is 14.2 Å². The van der Waals surface area contributed by atoms with Crippen molar-refractivity contribution < 1.29 is 49.3 Å². The number of allylic oxidation sites excluding steroid dienone is 3. The number of aliphatic hydroxyl groups is 5. The van der Waals surface area contributed by atoms with E-state index in [-0.39, 0.29) is 13.0 Å². The number of rotatable bonds is 52. The summed E-state index contributed by atoms with van der Waals surface area (Å²) < 4.78 is 17.6. The summed E-state index contributed by atoms with van der Waals surface area (Å²) in [6.45, 7) is 5.80. The molecule has 1 heterocycles. The highest BCUT2D eigenvalue weighted by atomic mass is 16.7. The summed E-state index contributed by atoms with van der Waals surface area (Å²) >= 11 is 0. The van der Waals surface area contributed by atoms with Gasteiger partial charge in [-0.05, 0) is 51.4 Å². The topological polar surface area (TPSA) is 175 Å². The summed E-state index contributed by atoms with van der Waals surface area (Å²) in [5.41, 5.74) is 0. The Morgan fingerprint density at radius 3 is 1.35 bits per heavy atom. The summed E-state index contributed by atoms with van der Waals surface area (Å²) in [5.74, 6) is -1.20. The molecule has 424 valence electrons. The molecule has 0 aromatic heterocycles. The number of ether oxygens (including phenoxy) is 3. The third-order valence-electron chi connectivity index (χ3n) is 14.6. The Hall–Kier alpha value is -1.86. The predicted molar refractivity (Wildman–Crippen MR) is 297 cm³/mol. The van der Waals surface area contributed by atoms with Gasteiger partial charge in [0.05, 0.1) is 25.4 Å². The van der Waals surface area contributed by atoms with E-state index in [1.165, 1.54) is 180 Å². The van der Waals surface area contributed by atoms with Gasteiger partial charge in [-0.2, -0.15) is 0 Å². The van der Waals surface area contributed by atoms with Crippen molar-refractivity contribution in [2.75, 3.05) is 13.2 Å². The number of hydrogen-bond acceptors (Lipinski definition) is 10. The molecule has 11 heteroatoms. The SMILES string of the molecule is CCCCCCCCC/C=C\CCCCCC(=O)OC1C(OCC(NC(=O)C(O)CCCCCCCCCCCCCCCCCC)C(O)/C=C/CCCCCCCCCCCCC)OC(CO)C(O)C1O. The molecule has 1 aliphatic rings. The average molecular weight is 1020 g/mol. The lowest BCUT2D eigenvalue weighted by Crippen LogP contribution is -2.61. The Labute approximate surface area is 441 Å². The second kappa shape index (κ2) is 50.0. The van der Waals surface area contributed by atoms with Gasteiger partial charge in [0.15, 0.2) is 12.4 Å². The van der Waals surface area contributed by atoms with Crippen LogP contribution in [0.15, 0.2) is 24.3 Å². The summed E-state index contributed by atoms with van der Waals surface area (Å²) in [7, 11) is 0. The fraction of sp³-hybridized carbons (Fsp3) is 0.902. The van der Waals surface area contributed by atoms with Gasteiger partial charge >= 0.3 is 5.97 Å². The van der Waals surface area contributed by atoms with E-state index in [0.717, 1.165) is 64.2 Å². The molecule has 0 radical (unpaired) electrons. The lowest BCUT2D eigenvalue weighted by molar-refractivity contribution is -0.305. The minimum atomic E-state index is -1.61. The van der Waals surface area contributed by atoms with Crippen LogP contribution in [0.2, 0.25) is 0 Å². The van der Waals surface area contributed by atoms with Gasteiger partial charge in [-0.3, -0.25) is 9.59 Å². The lowest BCUT2D eigenvalue weighted by atomic mass is 9.99. The van der Waals surface area contributed by atoms with Crippen LogP contribution in [0.1, 0.15) is 290 Å². The van der Waals surface area contributed by atoms with Crippen LogP contribution >= 0.6 is 0 Å². The Kier molecular flexibility index (Phi) is 47.3. The second-order valence-corrected chi connectivity index (χ2v) is 21.4. The van der Waals surface area contributed by atoms with Gasteiger partial charge in [-0.25, -0.2) is 0 Å². The number of esters is 1. The fourth-order valence-electron chi connectivity index (χ4n) is 9.71. The first kappa shape index (κ1) is 68.2. The van der Waals surface area contributed by atoms with E-state index in [2.05, 4.69) is 38.2 Å². The molecule has 1 fully saturated rings. The van der Waals surface area contributed by atoms with Gasteiger partial charge in [0.2, 0.25) is 5.91 Å². The highest BCUT2D eigenvalue weighted by molar-refractivity contribution is 5.80. The first-order valence-corrected chi connectivity index (χ1v) is 30.6. The highest BCUT2D eigenvalue weighted by Crippen LogP contribution is 2.26. The average Bonchev–Trinajstić information content (AvgIpc) is 3.38. The molecule has 0 saturated carbocycles. The number of hydrogen-bond donors (Lipinski definition) is 6. The molecule has 1 aliphatic heterocycles. The van der Waals surface area contributed by atoms with Crippen molar-refractivity contribution in [1.82, 2.24) is 5.32 Å². The second-order valence-electron chi connectivity index (χ2n) is 21.4. The fourth-order valence-corrected chi connectivity index (χ4v) is 9.71. The van der Waals surface area contributed by atoms with Gasteiger partial charge in [0, 0.05) is 6.42 Å². The van der Waals surface area contributed by atoms with E-state index in [1.807, 2.05) is 6.08 Å². The largest absolute Gasteiger partial charge is 0.454 e. The van der Waals surface area contributed by atoms with Crippen LogP contribution in [0.25, 0.3) is 0 Å². The number of carbonyl (C=O) groups excluding carboxylic acids is 2. The third-order valence-corrected chi connectivity index (χ3v) is 14.6. The number of unbranched alkanes of at least 4 members (excludes halogenated alkanes) is 36. The van der Waals surface area contributed by atoms with E-state index < -0.39 is 67.4 Å². The van der Waals surface area contributed by atoms with Crippen molar-refractivity contribution in [2.24, 2.45) is 0 Å². The van der Waals surface area contributed by atoms with Crippen LogP contribution < -0.4 is 5.32 Å². The van der Waals surface area contributed by atoms with Gasteiger partial charge in [-0.15, -0.1) is 0 Å². The minimum absolute atomic E-state index is 0.107. The van der Waals surface area contributed by atoms with Crippen LogP contribution in [-0.4, -0.2) is 99.6 Å². The molecule has 6 N–H and O–H groups in total. The van der Waals surface area contributed by atoms with Gasteiger partial charge in [-0.1, -0.05) is 257 Å². The maximum atomic E-state index is 13.4.